The average molecular weight is 354 g/mol. The van der Waals surface area contributed by atoms with Crippen LogP contribution in [0.15, 0.2) is 34.1 Å². The van der Waals surface area contributed by atoms with Crippen LogP contribution >= 0.6 is 27.3 Å². The lowest BCUT2D eigenvalue weighted by atomic mass is 9.94. The lowest BCUT2D eigenvalue weighted by Crippen LogP contribution is -2.31. The van der Waals surface area contributed by atoms with Crippen molar-refractivity contribution in [3.63, 3.8) is 0 Å². The van der Waals surface area contributed by atoms with Crippen molar-refractivity contribution in [3.8, 4) is 0 Å². The molecule has 1 unspecified atom stereocenters. The van der Waals surface area contributed by atoms with E-state index in [0.717, 1.165) is 19.3 Å². The van der Waals surface area contributed by atoms with Crippen molar-refractivity contribution < 1.29 is 9.18 Å². The zero-order chi connectivity index (χ0) is 14.1. The zero-order valence-electron chi connectivity index (χ0n) is 10.7. The maximum Gasteiger partial charge on any atom is 0.254 e. The quantitative estimate of drug-likeness (QED) is 0.848. The lowest BCUT2D eigenvalue weighted by Gasteiger charge is -2.23. The van der Waals surface area contributed by atoms with Crippen LogP contribution in [-0.2, 0) is 6.42 Å². The Morgan fingerprint density at radius 1 is 1.40 bits per heavy atom. The lowest BCUT2D eigenvalue weighted by molar-refractivity contribution is 0.0928. The van der Waals surface area contributed by atoms with Crippen molar-refractivity contribution in [2.75, 3.05) is 0 Å². The van der Waals surface area contributed by atoms with Crippen molar-refractivity contribution in [2.24, 2.45) is 0 Å². The topological polar surface area (TPSA) is 29.1 Å². The summed E-state index contributed by atoms with van der Waals surface area (Å²) in [6.07, 6.45) is 3.04. The summed E-state index contributed by atoms with van der Waals surface area (Å²) in [6, 6.07) is 6.81. The van der Waals surface area contributed by atoms with Gasteiger partial charge in [-0.2, -0.15) is 0 Å². The predicted molar refractivity (Wildman–Crippen MR) is 81.6 cm³/mol. The molecule has 0 aliphatic heterocycles. The summed E-state index contributed by atoms with van der Waals surface area (Å²) in [7, 11) is 0. The number of aryl methyl sites for hydroxylation is 1. The minimum absolute atomic E-state index is 0.00381. The van der Waals surface area contributed by atoms with E-state index in [2.05, 4.69) is 32.7 Å². The van der Waals surface area contributed by atoms with E-state index in [9.17, 15) is 9.18 Å². The van der Waals surface area contributed by atoms with E-state index in [1.807, 2.05) is 0 Å². The molecule has 1 heterocycles. The van der Waals surface area contributed by atoms with Gasteiger partial charge in [0.15, 0.2) is 0 Å². The molecule has 0 bridgehead atoms. The fraction of sp³-hybridized carbons (Fsp3) is 0.267. The number of carbonyl (C=O) groups is 1. The first-order valence-corrected chi connectivity index (χ1v) is 8.15. The molecule has 1 aliphatic carbocycles. The van der Waals surface area contributed by atoms with E-state index >= 15 is 0 Å². The Hall–Kier alpha value is -1.20. The molecule has 1 atom stereocenters. The molecule has 2 aromatic rings. The third-order valence-corrected chi connectivity index (χ3v) is 5.16. The van der Waals surface area contributed by atoms with Crippen molar-refractivity contribution in [1.82, 2.24) is 5.32 Å². The van der Waals surface area contributed by atoms with Crippen molar-refractivity contribution >= 4 is 33.2 Å². The highest BCUT2D eigenvalue weighted by atomic mass is 79.9. The molecule has 0 fully saturated rings. The fourth-order valence-corrected chi connectivity index (χ4v) is 3.91. The fourth-order valence-electron chi connectivity index (χ4n) is 2.55. The molecule has 20 heavy (non-hydrogen) atoms. The highest BCUT2D eigenvalue weighted by Gasteiger charge is 2.24. The molecule has 3 rings (SSSR count). The Morgan fingerprint density at radius 3 is 3.10 bits per heavy atom. The smallest absolute Gasteiger partial charge is 0.254 e. The van der Waals surface area contributed by atoms with Crippen LogP contribution in [0.5, 0.6) is 0 Å². The molecule has 0 saturated heterocycles. The van der Waals surface area contributed by atoms with Gasteiger partial charge in [-0.1, -0.05) is 6.07 Å². The minimum atomic E-state index is -0.508. The predicted octanol–water partition coefficient (Wildman–Crippen LogP) is 4.46. The number of rotatable bonds is 2. The average Bonchev–Trinajstić information content (AvgIpc) is 2.91. The maximum atomic E-state index is 13.9. The summed E-state index contributed by atoms with van der Waals surface area (Å²) in [4.78, 5) is 13.6. The van der Waals surface area contributed by atoms with Gasteiger partial charge in [-0.3, -0.25) is 4.79 Å². The number of carbonyl (C=O) groups excluding carboxylic acids is 1. The minimum Gasteiger partial charge on any atom is -0.345 e. The monoisotopic (exact) mass is 353 g/mol. The highest BCUT2D eigenvalue weighted by Crippen LogP contribution is 2.33. The summed E-state index contributed by atoms with van der Waals surface area (Å²) in [6.45, 7) is 0. The molecular weight excluding hydrogens is 341 g/mol. The number of fused-ring (bicyclic) bond motifs is 1. The number of hydrogen-bond acceptors (Lipinski definition) is 2. The molecule has 0 spiro atoms. The zero-order valence-corrected chi connectivity index (χ0v) is 13.1. The van der Waals surface area contributed by atoms with E-state index in [1.165, 1.54) is 16.5 Å². The van der Waals surface area contributed by atoms with E-state index in [4.69, 9.17) is 0 Å². The van der Waals surface area contributed by atoms with Gasteiger partial charge in [0.2, 0.25) is 0 Å². The third-order valence-electron chi connectivity index (χ3n) is 3.55. The van der Waals surface area contributed by atoms with Crippen molar-refractivity contribution in [3.05, 3.63) is 55.9 Å². The van der Waals surface area contributed by atoms with Crippen LogP contribution in [0.25, 0.3) is 0 Å². The van der Waals surface area contributed by atoms with Crippen LogP contribution < -0.4 is 5.32 Å². The summed E-state index contributed by atoms with van der Waals surface area (Å²) in [5, 5.41) is 5.00. The van der Waals surface area contributed by atoms with Crippen LogP contribution in [0.4, 0.5) is 4.39 Å². The SMILES string of the molecule is O=C(NC1CCCc2sccc21)c1cccc(Br)c1F. The summed E-state index contributed by atoms with van der Waals surface area (Å²) >= 11 is 4.83. The molecule has 0 radical (unpaired) electrons. The maximum absolute atomic E-state index is 13.9. The number of thiophene rings is 1. The second-order valence-electron chi connectivity index (χ2n) is 4.82. The second-order valence-corrected chi connectivity index (χ2v) is 6.67. The first-order valence-electron chi connectivity index (χ1n) is 6.48. The molecule has 1 amide bonds. The van der Waals surface area contributed by atoms with Gasteiger partial charge in [0.1, 0.15) is 5.82 Å². The normalized spacial score (nSPS) is 17.6. The summed E-state index contributed by atoms with van der Waals surface area (Å²) in [5.41, 5.74) is 1.27. The molecule has 1 aromatic carbocycles. The van der Waals surface area contributed by atoms with Crippen LogP contribution in [0.2, 0.25) is 0 Å². The molecule has 1 aliphatic rings. The standard InChI is InChI=1S/C15H13BrFNOS/c16-11-4-1-3-10(14(11)17)15(19)18-12-5-2-6-13-9(12)7-8-20-13/h1,3-4,7-8,12H,2,5-6H2,(H,18,19). The van der Waals surface area contributed by atoms with Gasteiger partial charge in [-0.15, -0.1) is 11.3 Å². The molecule has 5 heteroatoms. The molecule has 104 valence electrons. The van der Waals surface area contributed by atoms with E-state index in [-0.39, 0.29) is 17.5 Å². The van der Waals surface area contributed by atoms with E-state index in [1.54, 1.807) is 23.5 Å². The van der Waals surface area contributed by atoms with Crippen molar-refractivity contribution in [1.29, 1.82) is 0 Å². The number of amides is 1. The second kappa shape index (κ2) is 5.66. The molecule has 2 nitrogen and oxygen atoms in total. The van der Waals surface area contributed by atoms with Gasteiger partial charge in [0.25, 0.3) is 5.91 Å². The number of hydrogen-bond donors (Lipinski definition) is 1. The number of benzene rings is 1. The molecule has 1 N–H and O–H groups in total. The van der Waals surface area contributed by atoms with Crippen LogP contribution in [-0.4, -0.2) is 5.91 Å². The molecule has 0 saturated carbocycles. The van der Waals surface area contributed by atoms with Gasteiger partial charge in [0.05, 0.1) is 16.1 Å². The summed E-state index contributed by atoms with van der Waals surface area (Å²) in [5.74, 6) is -0.862. The Bertz CT molecular complexity index is 655. The van der Waals surface area contributed by atoms with Crippen LogP contribution in [0, 0.1) is 5.82 Å². The third kappa shape index (κ3) is 2.52. The first-order chi connectivity index (χ1) is 9.66. The van der Waals surface area contributed by atoms with Crippen LogP contribution in [0.1, 0.15) is 39.7 Å². The largest absolute Gasteiger partial charge is 0.345 e. The highest BCUT2D eigenvalue weighted by molar-refractivity contribution is 9.10. The van der Waals surface area contributed by atoms with E-state index in [0.29, 0.717) is 4.47 Å². The summed E-state index contributed by atoms with van der Waals surface area (Å²) < 4.78 is 14.2. The van der Waals surface area contributed by atoms with Gasteiger partial charge < -0.3 is 5.32 Å². The van der Waals surface area contributed by atoms with Gasteiger partial charge in [0, 0.05) is 4.88 Å². The Balaban J connectivity index is 1.83. The Kier molecular flexibility index (Phi) is 3.89. The van der Waals surface area contributed by atoms with Crippen LogP contribution in [0.3, 0.4) is 0 Å². The van der Waals surface area contributed by atoms with Gasteiger partial charge >= 0.3 is 0 Å². The number of halogens is 2. The Morgan fingerprint density at radius 2 is 2.25 bits per heavy atom. The van der Waals surface area contributed by atoms with Crippen molar-refractivity contribution in [2.45, 2.75) is 25.3 Å². The first kappa shape index (κ1) is 13.8. The Labute approximate surface area is 129 Å². The van der Waals surface area contributed by atoms with Gasteiger partial charge in [-0.25, -0.2) is 4.39 Å². The van der Waals surface area contributed by atoms with E-state index < -0.39 is 5.82 Å². The molecular formula is C15H13BrFNOS. The molecule has 1 aromatic heterocycles. The van der Waals surface area contributed by atoms with Gasteiger partial charge in [-0.05, 0) is 64.3 Å². The number of nitrogens with one attached hydrogen (secondary N) is 1.